The molecule has 134 valence electrons. The largest absolute Gasteiger partial charge is 0.323 e. The van der Waals surface area contributed by atoms with Gasteiger partial charge in [0.2, 0.25) is 5.91 Å². The van der Waals surface area contributed by atoms with Crippen LogP contribution in [-0.4, -0.2) is 26.4 Å². The van der Waals surface area contributed by atoms with E-state index in [-0.39, 0.29) is 17.3 Å². The molecular formula is C19H19FN4OS. The number of anilines is 1. The van der Waals surface area contributed by atoms with Crippen LogP contribution in [0.2, 0.25) is 0 Å². The minimum absolute atomic E-state index is 0.108. The first-order valence-electron chi connectivity index (χ1n) is 8.10. The van der Waals surface area contributed by atoms with Crippen molar-refractivity contribution in [3.63, 3.8) is 0 Å². The number of benzene rings is 2. The summed E-state index contributed by atoms with van der Waals surface area (Å²) in [6.07, 6.45) is 1.62. The number of hydrogen-bond donors (Lipinski definition) is 1. The van der Waals surface area contributed by atoms with Crippen molar-refractivity contribution in [2.45, 2.75) is 25.9 Å². The number of carbonyl (C=O) groups excluding carboxylic acids is 1. The second-order valence-corrected chi connectivity index (χ2v) is 7.01. The standard InChI is InChI=1S/C19H19FN4OS/c1-12-4-7-17(16(20)8-12)22-18(25)10-26-19-23-21-11-24(19)15-6-5-13(2)14(3)9-15/h4-9,11H,10H2,1-3H3,(H,22,25). The molecule has 3 aromatic rings. The van der Waals surface area contributed by atoms with Gasteiger partial charge in [-0.3, -0.25) is 9.36 Å². The van der Waals surface area contributed by atoms with Gasteiger partial charge < -0.3 is 5.32 Å². The number of aromatic nitrogens is 3. The zero-order chi connectivity index (χ0) is 18.7. The van der Waals surface area contributed by atoms with Gasteiger partial charge in [-0.05, 0) is 61.7 Å². The van der Waals surface area contributed by atoms with Crippen LogP contribution in [0.5, 0.6) is 0 Å². The van der Waals surface area contributed by atoms with E-state index in [4.69, 9.17) is 0 Å². The third kappa shape index (κ3) is 4.11. The van der Waals surface area contributed by atoms with Crippen molar-refractivity contribution in [2.75, 3.05) is 11.1 Å². The van der Waals surface area contributed by atoms with Crippen molar-refractivity contribution in [3.05, 3.63) is 65.2 Å². The van der Waals surface area contributed by atoms with Crippen molar-refractivity contribution >= 4 is 23.4 Å². The smallest absolute Gasteiger partial charge is 0.234 e. The van der Waals surface area contributed by atoms with Crippen LogP contribution in [0.25, 0.3) is 5.69 Å². The first-order chi connectivity index (χ1) is 12.4. The van der Waals surface area contributed by atoms with Gasteiger partial charge in [0.05, 0.1) is 11.4 Å². The highest BCUT2D eigenvalue weighted by Gasteiger charge is 2.12. The summed E-state index contributed by atoms with van der Waals surface area (Å²) in [5.41, 5.74) is 4.29. The van der Waals surface area contributed by atoms with Crippen molar-refractivity contribution in [1.82, 2.24) is 14.8 Å². The van der Waals surface area contributed by atoms with E-state index in [1.165, 1.54) is 29.0 Å². The number of aryl methyl sites for hydroxylation is 3. The number of nitrogens with one attached hydrogen (secondary N) is 1. The fourth-order valence-electron chi connectivity index (χ4n) is 2.41. The molecule has 1 N–H and O–H groups in total. The molecule has 2 aromatic carbocycles. The maximum Gasteiger partial charge on any atom is 0.234 e. The van der Waals surface area contributed by atoms with Gasteiger partial charge in [0.15, 0.2) is 5.16 Å². The minimum atomic E-state index is -0.443. The number of thioether (sulfide) groups is 1. The van der Waals surface area contributed by atoms with Gasteiger partial charge >= 0.3 is 0 Å². The average molecular weight is 370 g/mol. The highest BCUT2D eigenvalue weighted by atomic mass is 32.2. The lowest BCUT2D eigenvalue weighted by Crippen LogP contribution is -2.15. The van der Waals surface area contributed by atoms with Gasteiger partial charge in [0, 0.05) is 5.69 Å². The molecule has 0 atom stereocenters. The molecule has 0 saturated carbocycles. The van der Waals surface area contributed by atoms with Crippen LogP contribution in [0.1, 0.15) is 16.7 Å². The molecule has 0 spiro atoms. The Balaban J connectivity index is 1.68. The minimum Gasteiger partial charge on any atom is -0.323 e. The lowest BCUT2D eigenvalue weighted by atomic mass is 10.1. The normalized spacial score (nSPS) is 10.8. The van der Waals surface area contributed by atoms with Crippen LogP contribution < -0.4 is 5.32 Å². The monoisotopic (exact) mass is 370 g/mol. The molecule has 0 saturated heterocycles. The Morgan fingerprint density at radius 2 is 1.96 bits per heavy atom. The lowest BCUT2D eigenvalue weighted by molar-refractivity contribution is -0.113. The van der Waals surface area contributed by atoms with Crippen molar-refractivity contribution < 1.29 is 9.18 Å². The Morgan fingerprint density at radius 1 is 1.15 bits per heavy atom. The van der Waals surface area contributed by atoms with Gasteiger partial charge in [-0.2, -0.15) is 0 Å². The molecule has 0 aliphatic carbocycles. The number of amides is 1. The molecule has 0 radical (unpaired) electrons. The Bertz CT molecular complexity index is 954. The molecule has 1 heterocycles. The first-order valence-corrected chi connectivity index (χ1v) is 9.09. The Kier molecular flexibility index (Phi) is 5.37. The topological polar surface area (TPSA) is 59.8 Å². The van der Waals surface area contributed by atoms with Crippen molar-refractivity contribution in [1.29, 1.82) is 0 Å². The van der Waals surface area contributed by atoms with E-state index >= 15 is 0 Å². The van der Waals surface area contributed by atoms with Crippen LogP contribution in [0.15, 0.2) is 47.9 Å². The number of nitrogens with zero attached hydrogens (tertiary/aromatic N) is 3. The predicted molar refractivity (Wildman–Crippen MR) is 101 cm³/mol. The lowest BCUT2D eigenvalue weighted by Gasteiger charge is -2.09. The van der Waals surface area contributed by atoms with E-state index in [0.29, 0.717) is 5.16 Å². The Labute approximate surface area is 155 Å². The van der Waals surface area contributed by atoms with Crippen molar-refractivity contribution in [3.8, 4) is 5.69 Å². The number of hydrogen-bond acceptors (Lipinski definition) is 4. The summed E-state index contributed by atoms with van der Waals surface area (Å²) in [4.78, 5) is 12.1. The highest BCUT2D eigenvalue weighted by molar-refractivity contribution is 7.99. The molecule has 0 aliphatic heterocycles. The van der Waals surface area contributed by atoms with Crippen LogP contribution >= 0.6 is 11.8 Å². The molecule has 1 amide bonds. The number of halogens is 1. The van der Waals surface area contributed by atoms with Crippen LogP contribution in [-0.2, 0) is 4.79 Å². The Hall–Kier alpha value is -2.67. The van der Waals surface area contributed by atoms with Gasteiger partial charge in [-0.1, -0.05) is 23.9 Å². The average Bonchev–Trinajstić information content (AvgIpc) is 3.06. The van der Waals surface area contributed by atoms with E-state index in [1.54, 1.807) is 25.4 Å². The van der Waals surface area contributed by atoms with E-state index in [9.17, 15) is 9.18 Å². The summed E-state index contributed by atoms with van der Waals surface area (Å²) in [5, 5.41) is 11.2. The molecule has 0 bridgehead atoms. The Morgan fingerprint density at radius 3 is 2.69 bits per heavy atom. The SMILES string of the molecule is Cc1ccc(NC(=O)CSc2nncn2-c2ccc(C)c(C)c2)c(F)c1. The summed E-state index contributed by atoms with van der Waals surface area (Å²) in [5.74, 6) is -0.634. The zero-order valence-corrected chi connectivity index (χ0v) is 15.6. The first kappa shape index (κ1) is 18.1. The molecule has 0 unspecified atom stereocenters. The molecular weight excluding hydrogens is 351 g/mol. The highest BCUT2D eigenvalue weighted by Crippen LogP contribution is 2.22. The van der Waals surface area contributed by atoms with Gasteiger partial charge in [-0.15, -0.1) is 10.2 Å². The fraction of sp³-hybridized carbons (Fsp3) is 0.211. The maximum absolute atomic E-state index is 13.8. The predicted octanol–water partition coefficient (Wildman–Crippen LogP) is 4.06. The molecule has 0 aliphatic rings. The zero-order valence-electron chi connectivity index (χ0n) is 14.8. The van der Waals surface area contributed by atoms with E-state index in [0.717, 1.165) is 11.3 Å². The van der Waals surface area contributed by atoms with Crippen LogP contribution in [0, 0.1) is 26.6 Å². The summed E-state index contributed by atoms with van der Waals surface area (Å²) in [6, 6.07) is 10.8. The molecule has 0 fully saturated rings. The molecule has 1 aromatic heterocycles. The third-order valence-electron chi connectivity index (χ3n) is 4.02. The molecule has 3 rings (SSSR count). The molecule has 7 heteroatoms. The molecule has 5 nitrogen and oxygen atoms in total. The van der Waals surface area contributed by atoms with Crippen LogP contribution in [0.4, 0.5) is 10.1 Å². The summed E-state index contributed by atoms with van der Waals surface area (Å²) in [6.45, 7) is 5.89. The summed E-state index contributed by atoms with van der Waals surface area (Å²) < 4.78 is 15.7. The third-order valence-corrected chi connectivity index (χ3v) is 4.96. The second kappa shape index (κ2) is 7.70. The summed E-state index contributed by atoms with van der Waals surface area (Å²) in [7, 11) is 0. The van der Waals surface area contributed by atoms with E-state index in [1.807, 2.05) is 29.7 Å². The van der Waals surface area contributed by atoms with Gasteiger partial charge in [-0.25, -0.2) is 4.39 Å². The molecule has 26 heavy (non-hydrogen) atoms. The van der Waals surface area contributed by atoms with Crippen molar-refractivity contribution in [2.24, 2.45) is 0 Å². The summed E-state index contributed by atoms with van der Waals surface area (Å²) >= 11 is 1.25. The maximum atomic E-state index is 13.8. The quantitative estimate of drug-likeness (QED) is 0.688. The fourth-order valence-corrected chi connectivity index (χ4v) is 3.14. The second-order valence-electron chi connectivity index (χ2n) is 6.07. The number of carbonyl (C=O) groups is 1. The van der Waals surface area contributed by atoms with E-state index in [2.05, 4.69) is 22.4 Å². The van der Waals surface area contributed by atoms with Crippen LogP contribution in [0.3, 0.4) is 0 Å². The van der Waals surface area contributed by atoms with E-state index < -0.39 is 5.82 Å². The number of rotatable bonds is 5. The van der Waals surface area contributed by atoms with Gasteiger partial charge in [0.1, 0.15) is 12.1 Å². The van der Waals surface area contributed by atoms with Gasteiger partial charge in [0.25, 0.3) is 0 Å².